The van der Waals surface area contributed by atoms with E-state index in [1.165, 1.54) is 22.3 Å². The summed E-state index contributed by atoms with van der Waals surface area (Å²) >= 11 is 0. The van der Waals surface area contributed by atoms with Gasteiger partial charge in [0, 0.05) is 38.6 Å². The Morgan fingerprint density at radius 2 is 1.33 bits per heavy atom. The molecule has 1 N–H and O–H groups in total. The summed E-state index contributed by atoms with van der Waals surface area (Å²) in [4.78, 5) is 10.2. The second kappa shape index (κ2) is 15.7. The summed E-state index contributed by atoms with van der Waals surface area (Å²) < 4.78 is 2.20. The van der Waals surface area contributed by atoms with E-state index in [0.717, 1.165) is 56.7 Å². The molecule has 2 heterocycles. The molecule has 0 radical (unpaired) electrons. The van der Waals surface area contributed by atoms with Crippen molar-refractivity contribution in [3.05, 3.63) is 169 Å². The summed E-state index contributed by atoms with van der Waals surface area (Å²) in [5.74, 6) is 1.34. The molecule has 0 aliphatic rings. The molecule has 0 fully saturated rings. The molecule has 0 saturated carbocycles. The Kier molecular flexibility index (Phi) is 10.7. The van der Waals surface area contributed by atoms with Crippen LogP contribution in [-0.2, 0) is 32.9 Å². The molecule has 0 unspecified atom stereocenters. The van der Waals surface area contributed by atoms with Crippen molar-refractivity contribution in [1.82, 2.24) is 14.5 Å². The third-order valence-corrected chi connectivity index (χ3v) is 10.1. The SMILES string of the molecule is CC(C)Cc1cc(-n2c(-c3ccccc3O)nc3c(-c4[c-]c(-c5cc(-c6ccccc6)ccn5)cc(C(C)(C)C)c4)cccc32)ccc1-c1ccccc1.[Pt]. The summed E-state index contributed by atoms with van der Waals surface area (Å²) in [6.07, 6.45) is 2.81. The van der Waals surface area contributed by atoms with Crippen molar-refractivity contribution in [3.63, 3.8) is 0 Å². The van der Waals surface area contributed by atoms with E-state index in [4.69, 9.17) is 9.97 Å². The van der Waals surface area contributed by atoms with Crippen LogP contribution in [-0.4, -0.2) is 19.6 Å². The first-order chi connectivity index (χ1) is 26.1. The average molecular weight is 898 g/mol. The van der Waals surface area contributed by atoms with Crippen LogP contribution in [0.1, 0.15) is 45.7 Å². The van der Waals surface area contributed by atoms with Crippen molar-refractivity contribution < 1.29 is 26.2 Å². The topological polar surface area (TPSA) is 50.9 Å². The van der Waals surface area contributed by atoms with Gasteiger partial charge in [0.05, 0.1) is 16.6 Å². The normalized spacial score (nSPS) is 11.5. The maximum absolute atomic E-state index is 11.2. The standard InChI is InChI=1S/C50H44N3O.Pt/c1-33(2)27-37-31-41(23-24-42(37)35-17-10-7-11-18-35)53-46-21-14-20-43(48(46)52-49(53)44-19-12-13-22-47(44)54)38-28-39(30-40(29-38)50(3,4)5)45-32-36(25-26-51-45)34-15-8-6-9-16-34;/h6-26,29-33,54H,27H2,1-5H3;/q-1;. The minimum atomic E-state index is -0.128. The van der Waals surface area contributed by atoms with Gasteiger partial charge in [-0.25, -0.2) is 4.98 Å². The van der Waals surface area contributed by atoms with Gasteiger partial charge in [-0.3, -0.25) is 9.55 Å². The predicted molar refractivity (Wildman–Crippen MR) is 224 cm³/mol. The largest absolute Gasteiger partial charge is 0.507 e. The smallest absolute Gasteiger partial charge is 0.148 e. The van der Waals surface area contributed by atoms with E-state index in [-0.39, 0.29) is 32.2 Å². The van der Waals surface area contributed by atoms with Gasteiger partial charge in [0.2, 0.25) is 0 Å². The molecular weight excluding hydrogens is 854 g/mol. The zero-order valence-electron chi connectivity index (χ0n) is 31.8. The summed E-state index contributed by atoms with van der Waals surface area (Å²) in [7, 11) is 0. The van der Waals surface area contributed by atoms with Crippen LogP contribution in [0.3, 0.4) is 0 Å². The van der Waals surface area contributed by atoms with Crippen LogP contribution in [0.25, 0.3) is 72.7 Å². The van der Waals surface area contributed by atoms with Gasteiger partial charge in [0.1, 0.15) is 11.6 Å². The molecule has 5 heteroatoms. The van der Waals surface area contributed by atoms with Gasteiger partial charge in [-0.1, -0.05) is 143 Å². The quantitative estimate of drug-likeness (QED) is 0.155. The number of hydrogen-bond donors (Lipinski definition) is 1. The summed E-state index contributed by atoms with van der Waals surface area (Å²) in [6.45, 7) is 11.2. The zero-order valence-corrected chi connectivity index (χ0v) is 34.1. The number of aromatic nitrogens is 3. The zero-order chi connectivity index (χ0) is 37.4. The Hall–Kier alpha value is -5.57. The molecule has 55 heavy (non-hydrogen) atoms. The number of phenols is 1. The van der Waals surface area contributed by atoms with Crippen LogP contribution in [0.15, 0.2) is 152 Å². The second-order valence-corrected chi connectivity index (χ2v) is 15.5. The Morgan fingerprint density at radius 1 is 0.655 bits per heavy atom. The first-order valence-corrected chi connectivity index (χ1v) is 18.7. The number of pyridine rings is 1. The molecule has 8 aromatic rings. The van der Waals surface area contributed by atoms with Gasteiger partial charge >= 0.3 is 0 Å². The Morgan fingerprint density at radius 3 is 2.04 bits per heavy atom. The predicted octanol–water partition coefficient (Wildman–Crippen LogP) is 12.8. The molecule has 0 aliphatic heterocycles. The van der Waals surface area contributed by atoms with Crippen molar-refractivity contribution >= 4 is 11.0 Å². The summed E-state index contributed by atoms with van der Waals surface area (Å²) in [5, 5.41) is 11.2. The molecule has 0 bridgehead atoms. The van der Waals surface area contributed by atoms with Gasteiger partial charge in [-0.15, -0.1) is 29.3 Å². The number of fused-ring (bicyclic) bond motifs is 1. The van der Waals surface area contributed by atoms with Gasteiger partial charge < -0.3 is 5.11 Å². The van der Waals surface area contributed by atoms with E-state index >= 15 is 0 Å². The van der Waals surface area contributed by atoms with Crippen molar-refractivity contribution in [2.24, 2.45) is 5.92 Å². The number of nitrogens with zero attached hydrogens (tertiary/aromatic N) is 3. The van der Waals surface area contributed by atoms with E-state index in [0.29, 0.717) is 17.3 Å². The van der Waals surface area contributed by atoms with Crippen LogP contribution in [0, 0.1) is 12.0 Å². The molecule has 2 aromatic heterocycles. The Labute approximate surface area is 338 Å². The molecule has 0 aliphatic carbocycles. The fraction of sp³-hybridized carbons (Fsp3) is 0.160. The minimum absolute atomic E-state index is 0. The van der Waals surface area contributed by atoms with E-state index in [1.807, 2.05) is 30.5 Å². The molecule has 276 valence electrons. The van der Waals surface area contributed by atoms with Crippen molar-refractivity contribution in [2.45, 2.75) is 46.5 Å². The Balaban J connectivity index is 0.00000465. The molecule has 4 nitrogen and oxygen atoms in total. The van der Waals surface area contributed by atoms with Crippen LogP contribution >= 0.6 is 0 Å². The molecule has 6 aromatic carbocycles. The van der Waals surface area contributed by atoms with Crippen LogP contribution < -0.4 is 0 Å². The molecular formula is C50H44N3OPt-. The third kappa shape index (κ3) is 7.70. The second-order valence-electron chi connectivity index (χ2n) is 15.5. The fourth-order valence-corrected chi connectivity index (χ4v) is 7.32. The monoisotopic (exact) mass is 897 g/mol. The molecule has 0 spiro atoms. The minimum Gasteiger partial charge on any atom is -0.507 e. The van der Waals surface area contributed by atoms with E-state index in [1.54, 1.807) is 6.07 Å². The third-order valence-electron chi connectivity index (χ3n) is 10.1. The molecule has 8 rings (SSSR count). The number of rotatable bonds is 8. The fourth-order valence-electron chi connectivity index (χ4n) is 7.32. The maximum atomic E-state index is 11.2. The maximum Gasteiger partial charge on any atom is 0.148 e. The number of aromatic hydroxyl groups is 1. The van der Waals surface area contributed by atoms with Gasteiger partial charge in [0.25, 0.3) is 0 Å². The number of phenolic OH excluding ortho intramolecular Hbond substituents is 1. The van der Waals surface area contributed by atoms with E-state index < -0.39 is 0 Å². The van der Waals surface area contributed by atoms with Crippen LogP contribution in [0.4, 0.5) is 0 Å². The van der Waals surface area contributed by atoms with Gasteiger partial charge in [0.15, 0.2) is 0 Å². The van der Waals surface area contributed by atoms with Gasteiger partial charge in [-0.2, -0.15) is 0 Å². The van der Waals surface area contributed by atoms with Gasteiger partial charge in [-0.05, 0) is 82.0 Å². The van der Waals surface area contributed by atoms with E-state index in [2.05, 4.69) is 161 Å². The average Bonchev–Trinajstić information content (AvgIpc) is 3.58. The number of hydrogen-bond acceptors (Lipinski definition) is 3. The van der Waals surface area contributed by atoms with Crippen molar-refractivity contribution in [1.29, 1.82) is 0 Å². The number of imidazole rings is 1. The number of benzene rings is 6. The van der Waals surface area contributed by atoms with Crippen LogP contribution in [0.2, 0.25) is 0 Å². The first-order valence-electron chi connectivity index (χ1n) is 18.7. The molecule has 0 amide bonds. The summed E-state index contributed by atoms with van der Waals surface area (Å²) in [6, 6.07) is 54.0. The summed E-state index contributed by atoms with van der Waals surface area (Å²) in [5.41, 5.74) is 14.2. The molecule has 0 atom stereocenters. The molecule has 0 saturated heterocycles. The van der Waals surface area contributed by atoms with Crippen molar-refractivity contribution in [3.8, 4) is 67.5 Å². The first kappa shape index (κ1) is 37.7. The van der Waals surface area contributed by atoms with E-state index in [9.17, 15) is 5.11 Å². The van der Waals surface area contributed by atoms with Crippen LogP contribution in [0.5, 0.6) is 5.75 Å². The van der Waals surface area contributed by atoms with Crippen molar-refractivity contribution in [2.75, 3.05) is 0 Å². The number of para-hydroxylation sites is 2. The Bertz CT molecular complexity index is 2600.